The van der Waals surface area contributed by atoms with Crippen molar-refractivity contribution < 1.29 is 9.53 Å². The van der Waals surface area contributed by atoms with Crippen molar-refractivity contribution in [1.82, 2.24) is 20.3 Å². The summed E-state index contributed by atoms with van der Waals surface area (Å²) < 4.78 is 5.43. The lowest BCUT2D eigenvalue weighted by atomic mass is 9.86. The van der Waals surface area contributed by atoms with Crippen LogP contribution in [0.25, 0.3) is 11.1 Å². The number of hydrogen-bond acceptors (Lipinski definition) is 6. The Labute approximate surface area is 191 Å². The molecule has 7 nitrogen and oxygen atoms in total. The van der Waals surface area contributed by atoms with Crippen molar-refractivity contribution in [3.8, 4) is 11.1 Å². The molecule has 0 atom stereocenters. The van der Waals surface area contributed by atoms with Crippen molar-refractivity contribution in [3.63, 3.8) is 0 Å². The first kappa shape index (κ1) is 22.6. The molecular formula is C25H35N5O2. The molecule has 2 aromatic rings. The maximum absolute atomic E-state index is 12.7. The molecule has 1 aliphatic carbocycles. The highest BCUT2D eigenvalue weighted by Gasteiger charge is 2.29. The van der Waals surface area contributed by atoms with Gasteiger partial charge in [0, 0.05) is 56.3 Å². The number of aromatic nitrogens is 3. The van der Waals surface area contributed by atoms with Gasteiger partial charge in [-0.1, -0.05) is 13.8 Å². The van der Waals surface area contributed by atoms with Crippen LogP contribution in [-0.2, 0) is 9.53 Å². The number of pyridine rings is 1. The SMILES string of the molecule is COC1CCC(C(=O)NC2CCN(c3ncc(-c4ccncc4)c(C(C)C)n3)CC2)CC1. The maximum Gasteiger partial charge on any atom is 0.225 e. The normalized spacial score (nSPS) is 22.2. The third-order valence-corrected chi connectivity index (χ3v) is 6.85. The number of amides is 1. The third-order valence-electron chi connectivity index (χ3n) is 6.85. The highest BCUT2D eigenvalue weighted by molar-refractivity contribution is 5.79. The van der Waals surface area contributed by atoms with E-state index in [0.717, 1.165) is 74.4 Å². The van der Waals surface area contributed by atoms with Gasteiger partial charge in [-0.3, -0.25) is 9.78 Å². The van der Waals surface area contributed by atoms with Crippen LogP contribution in [0, 0.1) is 5.92 Å². The second-order valence-electron chi connectivity index (χ2n) is 9.34. The average molecular weight is 438 g/mol. The van der Waals surface area contributed by atoms with E-state index < -0.39 is 0 Å². The van der Waals surface area contributed by atoms with Crippen LogP contribution in [0.3, 0.4) is 0 Å². The van der Waals surface area contributed by atoms with Crippen molar-refractivity contribution >= 4 is 11.9 Å². The minimum Gasteiger partial charge on any atom is -0.381 e. The fourth-order valence-electron chi connectivity index (χ4n) is 4.84. The Morgan fingerprint density at radius 2 is 1.78 bits per heavy atom. The van der Waals surface area contributed by atoms with Crippen LogP contribution >= 0.6 is 0 Å². The molecular weight excluding hydrogens is 402 g/mol. The van der Waals surface area contributed by atoms with Gasteiger partial charge in [-0.15, -0.1) is 0 Å². The van der Waals surface area contributed by atoms with E-state index in [1.54, 1.807) is 19.5 Å². The molecule has 1 aliphatic heterocycles. The molecule has 1 amide bonds. The molecule has 0 unspecified atom stereocenters. The van der Waals surface area contributed by atoms with Crippen LogP contribution in [-0.4, -0.2) is 53.2 Å². The lowest BCUT2D eigenvalue weighted by Crippen LogP contribution is -2.47. The first-order valence-electron chi connectivity index (χ1n) is 11.9. The van der Waals surface area contributed by atoms with Crippen molar-refractivity contribution in [2.75, 3.05) is 25.1 Å². The number of methoxy groups -OCH3 is 1. The van der Waals surface area contributed by atoms with Gasteiger partial charge >= 0.3 is 0 Å². The summed E-state index contributed by atoms with van der Waals surface area (Å²) in [5, 5.41) is 3.30. The van der Waals surface area contributed by atoms with E-state index in [9.17, 15) is 4.79 Å². The first-order chi connectivity index (χ1) is 15.5. The Balaban J connectivity index is 1.35. The molecule has 0 bridgehead atoms. The number of nitrogens with zero attached hydrogens (tertiary/aromatic N) is 4. The lowest BCUT2D eigenvalue weighted by molar-refractivity contribution is -0.127. The summed E-state index contributed by atoms with van der Waals surface area (Å²) in [4.78, 5) is 28.7. The number of ether oxygens (including phenoxy) is 1. The van der Waals surface area contributed by atoms with E-state index >= 15 is 0 Å². The van der Waals surface area contributed by atoms with Gasteiger partial charge in [0.25, 0.3) is 0 Å². The molecule has 32 heavy (non-hydrogen) atoms. The number of hydrogen-bond donors (Lipinski definition) is 1. The standard InChI is InChI=1S/C25H35N5O2/c1-17(2)23-22(18-8-12-26-13-9-18)16-27-25(29-23)30-14-10-20(11-15-30)28-24(31)19-4-6-21(32-3)7-5-19/h8-9,12-13,16-17,19-21H,4-7,10-11,14-15H2,1-3H3,(H,28,31). The van der Waals surface area contributed by atoms with Crippen LogP contribution in [0.15, 0.2) is 30.7 Å². The van der Waals surface area contributed by atoms with Crippen molar-refractivity contribution in [2.24, 2.45) is 5.92 Å². The summed E-state index contributed by atoms with van der Waals surface area (Å²) in [6.45, 7) is 6.04. The van der Waals surface area contributed by atoms with Gasteiger partial charge in [-0.05, 0) is 62.1 Å². The first-order valence-corrected chi connectivity index (χ1v) is 11.9. The Morgan fingerprint density at radius 3 is 2.41 bits per heavy atom. The van der Waals surface area contributed by atoms with Gasteiger partial charge in [0.15, 0.2) is 0 Å². The molecule has 1 saturated heterocycles. The average Bonchev–Trinajstić information content (AvgIpc) is 2.84. The fourth-order valence-corrected chi connectivity index (χ4v) is 4.84. The minimum absolute atomic E-state index is 0.136. The smallest absolute Gasteiger partial charge is 0.225 e. The molecule has 3 heterocycles. The molecule has 7 heteroatoms. The summed E-state index contributed by atoms with van der Waals surface area (Å²) in [5.74, 6) is 1.44. The predicted molar refractivity (Wildman–Crippen MR) is 125 cm³/mol. The Morgan fingerprint density at radius 1 is 1.09 bits per heavy atom. The van der Waals surface area contributed by atoms with E-state index in [2.05, 4.69) is 29.0 Å². The zero-order valence-electron chi connectivity index (χ0n) is 19.5. The maximum atomic E-state index is 12.7. The van der Waals surface area contributed by atoms with Gasteiger partial charge in [-0.2, -0.15) is 0 Å². The predicted octanol–water partition coefficient (Wildman–Crippen LogP) is 3.95. The second kappa shape index (κ2) is 10.4. The summed E-state index contributed by atoms with van der Waals surface area (Å²) in [5.41, 5.74) is 3.22. The largest absolute Gasteiger partial charge is 0.381 e. The molecule has 4 rings (SSSR count). The van der Waals surface area contributed by atoms with Gasteiger partial charge < -0.3 is 15.0 Å². The molecule has 0 aromatic carbocycles. The van der Waals surface area contributed by atoms with Crippen LogP contribution < -0.4 is 10.2 Å². The van der Waals surface area contributed by atoms with Gasteiger partial charge in [0.2, 0.25) is 11.9 Å². The highest BCUT2D eigenvalue weighted by Crippen LogP contribution is 2.29. The van der Waals surface area contributed by atoms with E-state index in [-0.39, 0.29) is 17.9 Å². The monoisotopic (exact) mass is 437 g/mol. The summed E-state index contributed by atoms with van der Waals surface area (Å²) in [6, 6.07) is 4.24. The van der Waals surface area contributed by atoms with Gasteiger partial charge in [0.05, 0.1) is 11.8 Å². The topological polar surface area (TPSA) is 80.2 Å². The highest BCUT2D eigenvalue weighted by atomic mass is 16.5. The molecule has 2 aromatic heterocycles. The zero-order valence-corrected chi connectivity index (χ0v) is 19.5. The van der Waals surface area contributed by atoms with Crippen molar-refractivity contribution in [3.05, 3.63) is 36.4 Å². The Bertz CT molecular complexity index is 888. The molecule has 172 valence electrons. The van der Waals surface area contributed by atoms with E-state index in [1.807, 2.05) is 18.3 Å². The quantitative estimate of drug-likeness (QED) is 0.737. The number of piperidine rings is 1. The van der Waals surface area contributed by atoms with Gasteiger partial charge in [0.1, 0.15) is 0 Å². The molecule has 0 radical (unpaired) electrons. The van der Waals surface area contributed by atoms with E-state index in [0.29, 0.717) is 12.0 Å². The van der Waals surface area contributed by atoms with Crippen LogP contribution in [0.4, 0.5) is 5.95 Å². The molecule has 2 fully saturated rings. The number of carbonyl (C=O) groups is 1. The fraction of sp³-hybridized carbons (Fsp3) is 0.600. The molecule has 1 saturated carbocycles. The number of nitrogens with one attached hydrogen (secondary N) is 1. The van der Waals surface area contributed by atoms with Gasteiger partial charge in [-0.25, -0.2) is 9.97 Å². The lowest BCUT2D eigenvalue weighted by Gasteiger charge is -2.34. The Hall–Kier alpha value is -2.54. The van der Waals surface area contributed by atoms with Crippen LogP contribution in [0.1, 0.15) is 64.0 Å². The number of carbonyl (C=O) groups excluding carboxylic acids is 1. The van der Waals surface area contributed by atoms with Crippen molar-refractivity contribution in [2.45, 2.75) is 70.4 Å². The van der Waals surface area contributed by atoms with E-state index in [1.165, 1.54) is 0 Å². The molecule has 1 N–H and O–H groups in total. The van der Waals surface area contributed by atoms with E-state index in [4.69, 9.17) is 14.7 Å². The zero-order chi connectivity index (χ0) is 22.5. The van der Waals surface area contributed by atoms with Crippen molar-refractivity contribution in [1.29, 1.82) is 0 Å². The number of rotatable bonds is 6. The minimum atomic E-state index is 0.136. The van der Waals surface area contributed by atoms with Crippen LogP contribution in [0.2, 0.25) is 0 Å². The second-order valence-corrected chi connectivity index (χ2v) is 9.34. The summed E-state index contributed by atoms with van der Waals surface area (Å²) in [6.07, 6.45) is 11.5. The molecule has 2 aliphatic rings. The number of anilines is 1. The Kier molecular flexibility index (Phi) is 7.35. The molecule has 0 spiro atoms. The summed E-state index contributed by atoms with van der Waals surface area (Å²) >= 11 is 0. The summed E-state index contributed by atoms with van der Waals surface area (Å²) in [7, 11) is 1.76. The third kappa shape index (κ3) is 5.26. The van der Waals surface area contributed by atoms with Crippen LogP contribution in [0.5, 0.6) is 0 Å².